The molecule has 3 aromatic rings. The van der Waals surface area contributed by atoms with Crippen molar-refractivity contribution in [2.45, 2.75) is 49.7 Å². The highest BCUT2D eigenvalue weighted by Crippen LogP contribution is 2.44. The Morgan fingerprint density at radius 2 is 2.00 bits per heavy atom. The fourth-order valence-corrected chi connectivity index (χ4v) is 4.99. The van der Waals surface area contributed by atoms with Crippen molar-refractivity contribution >= 4 is 34.2 Å². The normalized spacial score (nSPS) is 29.4. The third-order valence-electron chi connectivity index (χ3n) is 5.82. The standard InChI is InChI=1S/C20H18ClF3IN5O4/c1-8-27-19(30(28-8)12-4-9(21)2-3-11(12)20(22,23)24)18-15(32)14(29-6-10(25)5-26-29)17-16(34-18)13(31)7-33-17/h2-6,13-18,31-32H,7H2,1H3/t13?,14?,15?,16?,17-,18?/m1/s1. The Morgan fingerprint density at radius 1 is 1.24 bits per heavy atom. The molecule has 2 saturated heterocycles. The summed E-state index contributed by atoms with van der Waals surface area (Å²) in [6.07, 6.45) is -6.60. The number of aliphatic hydroxyl groups excluding tert-OH is 2. The van der Waals surface area contributed by atoms with Crippen molar-refractivity contribution < 1.29 is 32.9 Å². The molecule has 0 amide bonds. The summed E-state index contributed by atoms with van der Waals surface area (Å²) in [7, 11) is 0. The molecule has 2 N–H and O–H groups in total. The van der Waals surface area contributed by atoms with Gasteiger partial charge in [0.2, 0.25) is 0 Å². The number of hydrogen-bond acceptors (Lipinski definition) is 7. The van der Waals surface area contributed by atoms with Crippen LogP contribution in [0.4, 0.5) is 13.2 Å². The summed E-state index contributed by atoms with van der Waals surface area (Å²) in [6.45, 7) is 1.48. The van der Waals surface area contributed by atoms with Gasteiger partial charge in [-0.15, -0.1) is 0 Å². The van der Waals surface area contributed by atoms with E-state index in [-0.39, 0.29) is 29.0 Å². The molecule has 182 valence electrons. The molecule has 1 aromatic carbocycles. The number of rotatable bonds is 3. The Morgan fingerprint density at radius 3 is 2.68 bits per heavy atom. The number of benzene rings is 1. The number of alkyl halides is 3. The highest BCUT2D eigenvalue weighted by molar-refractivity contribution is 14.1. The number of halogens is 5. The maximum Gasteiger partial charge on any atom is 0.418 e. The van der Waals surface area contributed by atoms with Crippen LogP contribution >= 0.6 is 34.2 Å². The number of aliphatic hydroxyl groups is 2. The highest BCUT2D eigenvalue weighted by atomic mass is 127. The van der Waals surface area contributed by atoms with Crippen LogP contribution in [0.5, 0.6) is 0 Å². The lowest BCUT2D eigenvalue weighted by atomic mass is 9.91. The van der Waals surface area contributed by atoms with Crippen LogP contribution in [-0.2, 0) is 15.7 Å². The van der Waals surface area contributed by atoms with Crippen LogP contribution in [0.2, 0.25) is 5.02 Å². The van der Waals surface area contributed by atoms with E-state index < -0.39 is 48.3 Å². The zero-order chi connectivity index (χ0) is 24.4. The lowest BCUT2D eigenvalue weighted by molar-refractivity contribution is -0.196. The highest BCUT2D eigenvalue weighted by Gasteiger charge is 2.54. The second-order valence-electron chi connectivity index (χ2n) is 8.09. The van der Waals surface area contributed by atoms with Gasteiger partial charge in [-0.2, -0.15) is 23.4 Å². The van der Waals surface area contributed by atoms with Crippen molar-refractivity contribution in [3.63, 3.8) is 0 Å². The number of aromatic nitrogens is 5. The predicted octanol–water partition coefficient (Wildman–Crippen LogP) is 2.85. The van der Waals surface area contributed by atoms with Crippen molar-refractivity contribution in [2.24, 2.45) is 0 Å². The van der Waals surface area contributed by atoms with Crippen molar-refractivity contribution in [2.75, 3.05) is 6.61 Å². The average molecular weight is 612 g/mol. The second kappa shape index (κ2) is 8.71. The molecule has 0 spiro atoms. The van der Waals surface area contributed by atoms with Gasteiger partial charge in [0.15, 0.2) is 5.82 Å². The molecule has 4 heterocycles. The van der Waals surface area contributed by atoms with Gasteiger partial charge >= 0.3 is 6.18 Å². The molecule has 0 aliphatic carbocycles. The molecule has 0 bridgehead atoms. The van der Waals surface area contributed by atoms with E-state index in [1.807, 2.05) is 0 Å². The summed E-state index contributed by atoms with van der Waals surface area (Å²) in [5.74, 6) is 0.0941. The summed E-state index contributed by atoms with van der Waals surface area (Å²) in [4.78, 5) is 4.29. The van der Waals surface area contributed by atoms with Gasteiger partial charge in [0.1, 0.15) is 42.4 Å². The number of nitrogens with zero attached hydrogens (tertiary/aromatic N) is 5. The van der Waals surface area contributed by atoms with E-state index in [4.69, 9.17) is 21.1 Å². The summed E-state index contributed by atoms with van der Waals surface area (Å²) in [6, 6.07) is 2.32. The molecule has 34 heavy (non-hydrogen) atoms. The molecule has 2 aliphatic heterocycles. The van der Waals surface area contributed by atoms with E-state index in [0.717, 1.165) is 26.5 Å². The Bertz CT molecular complexity index is 1220. The average Bonchev–Trinajstić information content (AvgIpc) is 3.45. The summed E-state index contributed by atoms with van der Waals surface area (Å²) in [5, 5.41) is 30.3. The quantitative estimate of drug-likeness (QED) is 0.439. The molecule has 0 saturated carbocycles. The lowest BCUT2D eigenvalue weighted by Crippen LogP contribution is -2.52. The smallest absolute Gasteiger partial charge is 0.388 e. The molecule has 6 atom stereocenters. The molecule has 5 unspecified atom stereocenters. The minimum absolute atomic E-state index is 0.0259. The zero-order valence-electron chi connectivity index (χ0n) is 17.4. The third-order valence-corrected chi connectivity index (χ3v) is 6.62. The molecule has 9 nitrogen and oxygen atoms in total. The number of fused-ring (bicyclic) bond motifs is 1. The van der Waals surface area contributed by atoms with Gasteiger partial charge in [0, 0.05) is 11.2 Å². The molecule has 5 rings (SSSR count). The van der Waals surface area contributed by atoms with Crippen LogP contribution in [0.3, 0.4) is 0 Å². The number of hydrogen-bond donors (Lipinski definition) is 2. The van der Waals surface area contributed by atoms with Gasteiger partial charge in [0.25, 0.3) is 0 Å². The molecule has 2 aliphatic rings. The van der Waals surface area contributed by atoms with E-state index in [2.05, 4.69) is 37.8 Å². The van der Waals surface area contributed by atoms with Gasteiger partial charge < -0.3 is 19.7 Å². The molecule has 0 radical (unpaired) electrons. The maximum atomic E-state index is 13.8. The lowest BCUT2D eigenvalue weighted by Gasteiger charge is -2.41. The van der Waals surface area contributed by atoms with Crippen LogP contribution in [-0.4, -0.2) is 65.8 Å². The fraction of sp³-hybridized carbons (Fsp3) is 0.450. The SMILES string of the molecule is Cc1nc(C2OC3C(O)CO[C@@H]3C(n3cc(I)cn3)C2O)n(-c2cc(Cl)ccc2C(F)(F)F)n1. The van der Waals surface area contributed by atoms with Crippen LogP contribution in [0.25, 0.3) is 5.69 Å². The van der Waals surface area contributed by atoms with Crippen LogP contribution in [0, 0.1) is 10.5 Å². The first-order chi connectivity index (χ1) is 16.0. The monoisotopic (exact) mass is 611 g/mol. The molecular weight excluding hydrogens is 594 g/mol. The zero-order valence-corrected chi connectivity index (χ0v) is 20.3. The van der Waals surface area contributed by atoms with Crippen molar-refractivity contribution in [3.05, 3.63) is 56.4 Å². The van der Waals surface area contributed by atoms with Gasteiger partial charge in [0.05, 0.1) is 27.6 Å². The van der Waals surface area contributed by atoms with E-state index in [1.54, 1.807) is 12.4 Å². The summed E-state index contributed by atoms with van der Waals surface area (Å²) >= 11 is 8.08. The largest absolute Gasteiger partial charge is 0.418 e. The van der Waals surface area contributed by atoms with Crippen LogP contribution in [0.15, 0.2) is 30.6 Å². The van der Waals surface area contributed by atoms with Crippen molar-refractivity contribution in [1.82, 2.24) is 24.5 Å². The van der Waals surface area contributed by atoms with Gasteiger partial charge in [-0.25, -0.2) is 9.67 Å². The predicted molar refractivity (Wildman–Crippen MR) is 119 cm³/mol. The van der Waals surface area contributed by atoms with Crippen molar-refractivity contribution in [3.8, 4) is 5.69 Å². The molecule has 14 heteroatoms. The van der Waals surface area contributed by atoms with Gasteiger partial charge in [-0.1, -0.05) is 11.6 Å². The first kappa shape index (κ1) is 23.9. The Hall–Kier alpha value is -1.78. The first-order valence-electron chi connectivity index (χ1n) is 10.2. The minimum atomic E-state index is -4.70. The molecular formula is C20H18ClF3IN5O4. The Balaban J connectivity index is 1.64. The van der Waals surface area contributed by atoms with E-state index in [9.17, 15) is 23.4 Å². The van der Waals surface area contributed by atoms with E-state index >= 15 is 0 Å². The van der Waals surface area contributed by atoms with Crippen LogP contribution in [0.1, 0.15) is 29.4 Å². The van der Waals surface area contributed by atoms with Gasteiger partial charge in [-0.3, -0.25) is 4.68 Å². The van der Waals surface area contributed by atoms with E-state index in [1.165, 1.54) is 11.6 Å². The Labute approximate surface area is 209 Å². The fourth-order valence-electron chi connectivity index (χ4n) is 4.41. The third kappa shape index (κ3) is 4.11. The number of aryl methyl sites for hydroxylation is 1. The summed E-state index contributed by atoms with van der Waals surface area (Å²) in [5.41, 5.74) is -1.34. The molecule has 2 fully saturated rings. The first-order valence-corrected chi connectivity index (χ1v) is 11.6. The second-order valence-corrected chi connectivity index (χ2v) is 9.78. The summed E-state index contributed by atoms with van der Waals surface area (Å²) < 4.78 is 56.3. The van der Waals surface area contributed by atoms with Gasteiger partial charge in [-0.05, 0) is 47.7 Å². The number of ether oxygens (including phenoxy) is 2. The Kier molecular flexibility index (Phi) is 6.13. The molecule has 2 aromatic heterocycles. The van der Waals surface area contributed by atoms with Crippen LogP contribution < -0.4 is 0 Å². The van der Waals surface area contributed by atoms with Crippen molar-refractivity contribution in [1.29, 1.82) is 0 Å². The van der Waals surface area contributed by atoms with E-state index in [0.29, 0.717) is 0 Å². The maximum absolute atomic E-state index is 13.8. The topological polar surface area (TPSA) is 107 Å². The minimum Gasteiger partial charge on any atom is -0.388 e.